The van der Waals surface area contributed by atoms with Crippen molar-refractivity contribution in [2.45, 2.75) is 58.9 Å². The molecule has 5 nitrogen and oxygen atoms in total. The van der Waals surface area contributed by atoms with Gasteiger partial charge in [-0.05, 0) is 49.2 Å². The lowest BCUT2D eigenvalue weighted by atomic mass is 9.87. The Labute approximate surface area is 190 Å². The molecule has 1 aromatic heterocycles. The van der Waals surface area contributed by atoms with Crippen LogP contribution in [0.25, 0.3) is 17.1 Å². The van der Waals surface area contributed by atoms with E-state index in [-0.39, 0.29) is 17.6 Å². The Morgan fingerprint density at radius 3 is 2.16 bits per heavy atom. The van der Waals surface area contributed by atoms with Gasteiger partial charge in [0, 0.05) is 24.3 Å². The van der Waals surface area contributed by atoms with E-state index in [1.165, 1.54) is 5.56 Å². The van der Waals surface area contributed by atoms with Gasteiger partial charge in [-0.15, -0.1) is 5.10 Å². The van der Waals surface area contributed by atoms with Gasteiger partial charge >= 0.3 is 0 Å². The minimum atomic E-state index is 0.111. The molecule has 1 aliphatic rings. The molecular formula is C25H32N4OS. The number of nitrogens with zero attached hydrogens (tertiary/aromatic N) is 4. The zero-order chi connectivity index (χ0) is 22.2. The normalized spacial score (nSPS) is 20.2. The number of benzene rings is 2. The smallest absolute Gasteiger partial charge is 0.204 e. The van der Waals surface area contributed by atoms with Crippen molar-refractivity contribution in [3.63, 3.8) is 0 Å². The summed E-state index contributed by atoms with van der Waals surface area (Å²) in [6.45, 7) is 13.3. The summed E-state index contributed by atoms with van der Waals surface area (Å²) in [6, 6.07) is 18.9. The van der Waals surface area contributed by atoms with E-state index in [9.17, 15) is 0 Å². The van der Waals surface area contributed by atoms with E-state index in [1.54, 1.807) is 0 Å². The van der Waals surface area contributed by atoms with Gasteiger partial charge < -0.3 is 4.74 Å². The highest BCUT2D eigenvalue weighted by atomic mass is 32.1. The van der Waals surface area contributed by atoms with Gasteiger partial charge in [-0.25, -0.2) is 4.68 Å². The van der Waals surface area contributed by atoms with Crippen molar-refractivity contribution >= 4 is 12.2 Å². The zero-order valence-electron chi connectivity index (χ0n) is 19.1. The fourth-order valence-electron chi connectivity index (χ4n) is 4.21. The van der Waals surface area contributed by atoms with Gasteiger partial charge in [-0.3, -0.25) is 9.47 Å². The number of aromatic nitrogens is 3. The minimum Gasteiger partial charge on any atom is -0.373 e. The first-order valence-electron chi connectivity index (χ1n) is 11.0. The highest BCUT2D eigenvalue weighted by Gasteiger charge is 2.24. The average molecular weight is 437 g/mol. The highest BCUT2D eigenvalue weighted by Crippen LogP contribution is 2.27. The molecule has 3 aromatic rings. The molecule has 0 amide bonds. The van der Waals surface area contributed by atoms with Crippen molar-refractivity contribution in [3.8, 4) is 17.1 Å². The van der Waals surface area contributed by atoms with E-state index in [0.717, 1.165) is 30.2 Å². The van der Waals surface area contributed by atoms with Crippen LogP contribution in [0.3, 0.4) is 0 Å². The van der Waals surface area contributed by atoms with Crippen LogP contribution in [0.1, 0.15) is 40.2 Å². The number of rotatable bonds is 4. The predicted octanol–water partition coefficient (Wildman–Crippen LogP) is 5.43. The first kappa shape index (κ1) is 21.9. The van der Waals surface area contributed by atoms with Crippen LogP contribution in [-0.2, 0) is 16.8 Å². The SMILES string of the molecule is CC1CN(Cn2nc(-c3ccc(C(C)(C)C)cc3)n(-c3ccccc3)c2=S)CC(C)O1. The molecule has 31 heavy (non-hydrogen) atoms. The summed E-state index contributed by atoms with van der Waals surface area (Å²) < 4.78 is 10.6. The van der Waals surface area contributed by atoms with Gasteiger partial charge in [0.25, 0.3) is 0 Å². The molecule has 2 unspecified atom stereocenters. The maximum Gasteiger partial charge on any atom is 0.204 e. The van der Waals surface area contributed by atoms with Crippen LogP contribution >= 0.6 is 12.2 Å². The van der Waals surface area contributed by atoms with Crippen LogP contribution in [0, 0.1) is 4.77 Å². The lowest BCUT2D eigenvalue weighted by molar-refractivity contribution is -0.0777. The lowest BCUT2D eigenvalue weighted by Gasteiger charge is -2.34. The summed E-state index contributed by atoms with van der Waals surface area (Å²) in [7, 11) is 0. The van der Waals surface area contributed by atoms with Crippen molar-refractivity contribution in [2.75, 3.05) is 13.1 Å². The predicted molar refractivity (Wildman–Crippen MR) is 128 cm³/mol. The summed E-state index contributed by atoms with van der Waals surface area (Å²) in [5.41, 5.74) is 3.50. The number of para-hydroxylation sites is 1. The molecule has 1 aliphatic heterocycles. The molecule has 0 spiro atoms. The third-order valence-electron chi connectivity index (χ3n) is 5.69. The molecule has 2 aromatic carbocycles. The second-order valence-electron chi connectivity index (χ2n) is 9.54. The van der Waals surface area contributed by atoms with Gasteiger partial charge in [0.1, 0.15) is 0 Å². The van der Waals surface area contributed by atoms with Gasteiger partial charge in [-0.2, -0.15) is 0 Å². The van der Waals surface area contributed by atoms with E-state index in [2.05, 4.69) is 80.5 Å². The summed E-state index contributed by atoms with van der Waals surface area (Å²) in [6.07, 6.45) is 0.414. The van der Waals surface area contributed by atoms with Gasteiger partial charge in [0.15, 0.2) is 5.82 Å². The minimum absolute atomic E-state index is 0.111. The quantitative estimate of drug-likeness (QED) is 0.511. The summed E-state index contributed by atoms with van der Waals surface area (Å²) in [5, 5.41) is 4.99. The Bertz CT molecular complexity index is 1070. The fourth-order valence-corrected chi connectivity index (χ4v) is 4.50. The van der Waals surface area contributed by atoms with Crippen LogP contribution < -0.4 is 0 Å². The van der Waals surface area contributed by atoms with Crippen LogP contribution in [-0.4, -0.2) is 44.5 Å². The number of ether oxygens (including phenoxy) is 1. The molecule has 2 heterocycles. The van der Waals surface area contributed by atoms with E-state index < -0.39 is 0 Å². The Balaban J connectivity index is 1.75. The molecule has 0 radical (unpaired) electrons. The summed E-state index contributed by atoms with van der Waals surface area (Å²) in [5.74, 6) is 0.867. The highest BCUT2D eigenvalue weighted by molar-refractivity contribution is 7.71. The van der Waals surface area contributed by atoms with Crippen LogP contribution in [0.4, 0.5) is 0 Å². The third kappa shape index (κ3) is 4.81. The monoisotopic (exact) mass is 436 g/mol. The van der Waals surface area contributed by atoms with Crippen molar-refractivity contribution < 1.29 is 4.74 Å². The Hall–Kier alpha value is -2.28. The maximum absolute atomic E-state index is 5.91. The van der Waals surface area contributed by atoms with E-state index in [4.69, 9.17) is 22.1 Å². The topological polar surface area (TPSA) is 35.2 Å². The van der Waals surface area contributed by atoms with E-state index in [0.29, 0.717) is 11.4 Å². The maximum atomic E-state index is 5.91. The molecule has 164 valence electrons. The Morgan fingerprint density at radius 2 is 1.58 bits per heavy atom. The molecule has 1 saturated heterocycles. The number of hydrogen-bond acceptors (Lipinski definition) is 4. The fraction of sp³-hybridized carbons (Fsp3) is 0.440. The molecule has 0 saturated carbocycles. The second-order valence-corrected chi connectivity index (χ2v) is 9.90. The Kier molecular flexibility index (Phi) is 6.15. The summed E-state index contributed by atoms with van der Waals surface area (Å²) in [4.78, 5) is 2.36. The summed E-state index contributed by atoms with van der Waals surface area (Å²) >= 11 is 5.91. The van der Waals surface area contributed by atoms with Crippen LogP contribution in [0.15, 0.2) is 54.6 Å². The molecule has 1 fully saturated rings. The largest absolute Gasteiger partial charge is 0.373 e. The van der Waals surface area contributed by atoms with Crippen molar-refractivity contribution in [2.24, 2.45) is 0 Å². The lowest BCUT2D eigenvalue weighted by Crippen LogP contribution is -2.46. The van der Waals surface area contributed by atoms with Crippen LogP contribution in [0.5, 0.6) is 0 Å². The molecule has 0 bridgehead atoms. The van der Waals surface area contributed by atoms with Crippen molar-refractivity contribution in [1.29, 1.82) is 0 Å². The molecule has 2 atom stereocenters. The first-order valence-corrected chi connectivity index (χ1v) is 11.4. The number of hydrogen-bond donors (Lipinski definition) is 0. The first-order chi connectivity index (χ1) is 14.7. The number of morpholine rings is 1. The van der Waals surface area contributed by atoms with Gasteiger partial charge in [0.2, 0.25) is 4.77 Å². The zero-order valence-corrected chi connectivity index (χ0v) is 19.9. The van der Waals surface area contributed by atoms with Gasteiger partial charge in [-0.1, -0.05) is 63.2 Å². The van der Waals surface area contributed by atoms with Crippen LogP contribution in [0.2, 0.25) is 0 Å². The molecular weight excluding hydrogens is 404 g/mol. The van der Waals surface area contributed by atoms with Gasteiger partial charge in [0.05, 0.1) is 18.9 Å². The Morgan fingerprint density at radius 1 is 0.968 bits per heavy atom. The van der Waals surface area contributed by atoms with Crippen molar-refractivity contribution in [3.05, 3.63) is 64.9 Å². The molecule has 6 heteroatoms. The molecule has 0 aliphatic carbocycles. The third-order valence-corrected chi connectivity index (χ3v) is 6.09. The standard InChI is InChI=1S/C25H32N4OS/c1-18-15-27(16-19(2)30-18)17-28-24(31)29(22-9-7-6-8-10-22)23(26-28)20-11-13-21(14-12-20)25(3,4)5/h6-14,18-19H,15-17H2,1-5H3. The average Bonchev–Trinajstić information content (AvgIpc) is 3.03. The van der Waals surface area contributed by atoms with E-state index in [1.807, 2.05) is 22.9 Å². The second kappa shape index (κ2) is 8.69. The molecule has 0 N–H and O–H groups in total. The molecule has 4 rings (SSSR count). The van der Waals surface area contributed by atoms with E-state index >= 15 is 0 Å². The van der Waals surface area contributed by atoms with Crippen molar-refractivity contribution in [1.82, 2.24) is 19.2 Å².